The zero-order valence-corrected chi connectivity index (χ0v) is 26.4. The Morgan fingerprint density at radius 2 is 2.00 bits per heavy atom. The first-order chi connectivity index (χ1) is 20.3. The number of likely N-dealkylation sites (tertiary alicyclic amines) is 1. The van der Waals surface area contributed by atoms with Crippen LogP contribution in [0.2, 0.25) is 10.0 Å². The third-order valence-corrected chi connectivity index (χ3v) is 10.8. The van der Waals surface area contributed by atoms with E-state index in [0.717, 1.165) is 61.9 Å². The van der Waals surface area contributed by atoms with Crippen molar-refractivity contribution in [2.24, 2.45) is 11.3 Å². The van der Waals surface area contributed by atoms with E-state index in [0.29, 0.717) is 47.6 Å². The molecule has 3 unspecified atom stereocenters. The number of benzene rings is 1. The lowest BCUT2D eigenvalue weighted by Crippen LogP contribution is -2.51. The van der Waals surface area contributed by atoms with Gasteiger partial charge in [-0.25, -0.2) is 0 Å². The van der Waals surface area contributed by atoms with Crippen LogP contribution in [0.15, 0.2) is 30.5 Å². The highest BCUT2D eigenvalue weighted by atomic mass is 35.5. The first-order valence-corrected chi connectivity index (χ1v) is 16.0. The Labute approximate surface area is 259 Å². The maximum atomic E-state index is 9.56. The Bertz CT molecular complexity index is 1380. The number of hydrogen-bond acceptors (Lipinski definition) is 8. The van der Waals surface area contributed by atoms with Crippen LogP contribution in [-0.2, 0) is 13.0 Å². The van der Waals surface area contributed by atoms with Crippen LogP contribution in [0.4, 0.5) is 11.5 Å². The minimum atomic E-state index is 0.105. The van der Waals surface area contributed by atoms with Gasteiger partial charge >= 0.3 is 6.01 Å². The number of anilines is 2. The van der Waals surface area contributed by atoms with Gasteiger partial charge in [0.15, 0.2) is 0 Å². The number of rotatable bonds is 8. The summed E-state index contributed by atoms with van der Waals surface area (Å²) in [6.45, 7) is 9.96. The van der Waals surface area contributed by atoms with Gasteiger partial charge in [0, 0.05) is 43.2 Å². The van der Waals surface area contributed by atoms with Gasteiger partial charge in [0.25, 0.3) is 0 Å². The Hall–Kier alpha value is -2.73. The van der Waals surface area contributed by atoms with E-state index in [1.807, 2.05) is 31.2 Å². The molecule has 8 nitrogen and oxygen atoms in total. The van der Waals surface area contributed by atoms with Crippen LogP contribution in [0, 0.1) is 22.7 Å². The maximum Gasteiger partial charge on any atom is 0.318 e. The minimum Gasteiger partial charge on any atom is -0.463 e. The van der Waals surface area contributed by atoms with Gasteiger partial charge in [-0.3, -0.25) is 0 Å². The van der Waals surface area contributed by atoms with Crippen molar-refractivity contribution >= 4 is 34.7 Å². The van der Waals surface area contributed by atoms with Gasteiger partial charge in [-0.2, -0.15) is 15.2 Å². The molecule has 6 rings (SSSR count). The molecule has 1 aliphatic carbocycles. The number of nitrogens with zero attached hydrogens (tertiary/aromatic N) is 7. The monoisotopic (exact) mass is 609 g/mol. The van der Waals surface area contributed by atoms with Crippen molar-refractivity contribution in [1.82, 2.24) is 19.8 Å². The highest BCUT2D eigenvalue weighted by molar-refractivity contribution is 6.43. The average Bonchev–Trinajstić information content (AvgIpc) is 3.44. The lowest BCUT2D eigenvalue weighted by Gasteiger charge is -2.42. The number of nitriles is 1. The lowest BCUT2D eigenvalue weighted by molar-refractivity contribution is 0.121. The van der Waals surface area contributed by atoms with Gasteiger partial charge < -0.3 is 24.3 Å². The number of hydrogen-bond donors (Lipinski definition) is 0. The topological polar surface area (TPSA) is 71.8 Å². The molecule has 42 heavy (non-hydrogen) atoms. The van der Waals surface area contributed by atoms with Crippen LogP contribution in [0.25, 0.3) is 0 Å². The molecular formula is C32H41Cl2N7O. The number of allylic oxidation sites excluding steroid dienone is 1. The fraction of sp³-hybridized carbons (Fsp3) is 0.594. The van der Waals surface area contributed by atoms with E-state index in [9.17, 15) is 5.26 Å². The van der Waals surface area contributed by atoms with Crippen LogP contribution >= 0.6 is 23.2 Å². The van der Waals surface area contributed by atoms with Gasteiger partial charge in [-0.05, 0) is 70.5 Å². The van der Waals surface area contributed by atoms with Gasteiger partial charge in [-0.15, -0.1) is 0 Å². The van der Waals surface area contributed by atoms with Crippen molar-refractivity contribution in [3.63, 3.8) is 0 Å². The SMILES string of the molecule is CC=CN1CCN(c2nc(OCC3(C4CCCN4C)CC3C)nc3c2CCN(c2cccc(Cl)c2Cl)C3)C[C@@H]1CC#N. The summed E-state index contributed by atoms with van der Waals surface area (Å²) in [4.78, 5) is 19.5. The third kappa shape index (κ3) is 5.52. The Kier molecular flexibility index (Phi) is 8.46. The predicted octanol–water partition coefficient (Wildman–Crippen LogP) is 5.78. The number of ether oxygens (including phenoxy) is 1. The molecule has 4 aliphatic rings. The zero-order chi connectivity index (χ0) is 29.4. The molecule has 3 aliphatic heterocycles. The summed E-state index contributed by atoms with van der Waals surface area (Å²) in [5.41, 5.74) is 3.22. The quantitative estimate of drug-likeness (QED) is 0.373. The predicted molar refractivity (Wildman–Crippen MR) is 168 cm³/mol. The highest BCUT2D eigenvalue weighted by Crippen LogP contribution is 2.58. The van der Waals surface area contributed by atoms with Crippen LogP contribution in [0.1, 0.15) is 50.8 Å². The van der Waals surface area contributed by atoms with Crippen LogP contribution in [0.3, 0.4) is 0 Å². The highest BCUT2D eigenvalue weighted by Gasteiger charge is 2.59. The third-order valence-electron chi connectivity index (χ3n) is 9.95. The summed E-state index contributed by atoms with van der Waals surface area (Å²) in [6.07, 6.45) is 9.07. The van der Waals surface area contributed by atoms with Crippen LogP contribution < -0.4 is 14.5 Å². The molecule has 0 spiro atoms. The molecule has 1 aromatic heterocycles. The van der Waals surface area contributed by atoms with E-state index in [1.165, 1.54) is 19.3 Å². The molecule has 1 saturated carbocycles. The molecule has 224 valence electrons. The summed E-state index contributed by atoms with van der Waals surface area (Å²) < 4.78 is 6.56. The number of piperazine rings is 1. The van der Waals surface area contributed by atoms with Crippen molar-refractivity contribution in [2.45, 2.75) is 64.6 Å². The van der Waals surface area contributed by atoms with E-state index in [4.69, 9.17) is 37.9 Å². The molecule has 0 N–H and O–H groups in total. The Morgan fingerprint density at radius 3 is 2.71 bits per heavy atom. The van der Waals surface area contributed by atoms with E-state index in [1.54, 1.807) is 0 Å². The molecule has 2 saturated heterocycles. The van der Waals surface area contributed by atoms with Crippen LogP contribution in [-0.4, -0.2) is 78.2 Å². The lowest BCUT2D eigenvalue weighted by atomic mass is 9.93. The number of aromatic nitrogens is 2. The van der Waals surface area contributed by atoms with E-state index < -0.39 is 0 Å². The van der Waals surface area contributed by atoms with Crippen molar-refractivity contribution in [3.05, 3.63) is 51.8 Å². The zero-order valence-electron chi connectivity index (χ0n) is 24.9. The van der Waals surface area contributed by atoms with E-state index in [2.05, 4.69) is 45.8 Å². The first-order valence-electron chi connectivity index (χ1n) is 15.3. The molecule has 2 aromatic rings. The summed E-state index contributed by atoms with van der Waals surface area (Å²) in [7, 11) is 2.25. The van der Waals surface area contributed by atoms with Crippen molar-refractivity contribution in [3.8, 4) is 12.1 Å². The Morgan fingerprint density at radius 1 is 1.17 bits per heavy atom. The number of fused-ring (bicyclic) bond motifs is 1. The molecule has 4 atom stereocenters. The molecule has 0 bridgehead atoms. The van der Waals surface area contributed by atoms with Crippen molar-refractivity contribution < 1.29 is 4.74 Å². The molecular weight excluding hydrogens is 569 g/mol. The maximum absolute atomic E-state index is 9.56. The normalized spacial score (nSPS) is 27.8. The largest absolute Gasteiger partial charge is 0.463 e. The summed E-state index contributed by atoms with van der Waals surface area (Å²) in [6, 6.07) is 9.27. The van der Waals surface area contributed by atoms with Gasteiger partial charge in [-0.1, -0.05) is 42.3 Å². The smallest absolute Gasteiger partial charge is 0.318 e. The standard InChI is InChI=1S/C32H41Cl2N7O/c1-4-13-39-16-17-41(19-23(39)10-12-35)30-24-11-15-40(27-8-5-7-25(33)29(27)34)20-26(24)36-31(37-30)42-21-32(18-22(32)2)28-9-6-14-38(28)3/h4-5,7-8,13,22-23,28H,6,9-11,14-21H2,1-3H3/t22?,23-,28?,32?/m0/s1. The van der Waals surface area contributed by atoms with Gasteiger partial charge in [0.1, 0.15) is 5.82 Å². The van der Waals surface area contributed by atoms with Gasteiger partial charge in [0.2, 0.25) is 0 Å². The minimum absolute atomic E-state index is 0.105. The second-order valence-electron chi connectivity index (χ2n) is 12.4. The van der Waals surface area contributed by atoms with Crippen molar-refractivity contribution in [1.29, 1.82) is 5.26 Å². The fourth-order valence-corrected chi connectivity index (χ4v) is 7.92. The molecule has 10 heteroatoms. The second-order valence-corrected chi connectivity index (χ2v) is 13.2. The van der Waals surface area contributed by atoms with Crippen molar-refractivity contribution in [2.75, 3.05) is 56.2 Å². The van der Waals surface area contributed by atoms with Gasteiger partial charge in [0.05, 0.1) is 53.1 Å². The average molecular weight is 611 g/mol. The van der Waals surface area contributed by atoms with E-state index >= 15 is 0 Å². The summed E-state index contributed by atoms with van der Waals surface area (Å²) >= 11 is 13.0. The molecule has 1 aromatic carbocycles. The summed E-state index contributed by atoms with van der Waals surface area (Å²) in [5.74, 6) is 1.58. The first kappa shape index (κ1) is 29.3. The molecule has 0 radical (unpaired) electrons. The molecule has 4 heterocycles. The fourth-order valence-electron chi connectivity index (χ4n) is 7.50. The molecule has 0 amide bonds. The number of halogens is 2. The Balaban J connectivity index is 1.31. The van der Waals surface area contributed by atoms with Crippen LogP contribution in [0.5, 0.6) is 6.01 Å². The van der Waals surface area contributed by atoms with E-state index in [-0.39, 0.29) is 11.5 Å². The molecule has 3 fully saturated rings. The second kappa shape index (κ2) is 12.1. The summed E-state index contributed by atoms with van der Waals surface area (Å²) in [5, 5.41) is 10.7.